The average Bonchev–Trinajstić information content (AvgIpc) is 3.21. The molecular formula is C30H37BrN4O2. The van der Waals surface area contributed by atoms with Crippen LogP contribution in [0.2, 0.25) is 0 Å². The van der Waals surface area contributed by atoms with Crippen molar-refractivity contribution in [2.45, 2.75) is 70.8 Å². The number of carboxylic acids is 1. The van der Waals surface area contributed by atoms with Crippen LogP contribution in [0.25, 0.3) is 0 Å². The highest BCUT2D eigenvalue weighted by Crippen LogP contribution is 2.45. The molecule has 2 aromatic heterocycles. The summed E-state index contributed by atoms with van der Waals surface area (Å²) in [6, 6.07) is 8.40. The number of rotatable bonds is 9. The summed E-state index contributed by atoms with van der Waals surface area (Å²) in [6.45, 7) is 9.74. The number of carboxylic acid groups (broad SMARTS) is 1. The van der Waals surface area contributed by atoms with E-state index in [1.807, 2.05) is 12.3 Å². The van der Waals surface area contributed by atoms with Gasteiger partial charge in [0.2, 0.25) is 0 Å². The highest BCUT2D eigenvalue weighted by molar-refractivity contribution is 6.07. The van der Waals surface area contributed by atoms with Gasteiger partial charge in [-0.1, -0.05) is 38.1 Å². The minimum absolute atomic E-state index is 0. The summed E-state index contributed by atoms with van der Waals surface area (Å²) in [7, 11) is 2.07. The highest BCUT2D eigenvalue weighted by atomic mass is 79.9. The first-order valence-electron chi connectivity index (χ1n) is 12.7. The fraction of sp³-hybridized carbons (Fsp3) is 0.400. The molecule has 0 unspecified atom stereocenters. The van der Waals surface area contributed by atoms with Gasteiger partial charge in [-0.2, -0.15) is 0 Å². The second-order valence-electron chi connectivity index (χ2n) is 10.6. The predicted octanol–water partition coefficient (Wildman–Crippen LogP) is 2.81. The molecule has 7 heteroatoms. The number of pyridine rings is 2. The number of carbonyl (C=O) groups is 1. The van der Waals surface area contributed by atoms with Crippen LogP contribution < -0.4 is 26.4 Å². The number of unbranched alkanes of at least 4 members (excludes halogenated alkanes) is 2. The Hall–Kier alpha value is -3.06. The number of hydrogen-bond acceptors (Lipinski definition) is 4. The second kappa shape index (κ2) is 11.5. The first-order valence-corrected chi connectivity index (χ1v) is 12.7. The molecule has 6 nitrogen and oxygen atoms in total. The van der Waals surface area contributed by atoms with Gasteiger partial charge in [0.1, 0.15) is 5.82 Å². The van der Waals surface area contributed by atoms with E-state index in [0.29, 0.717) is 6.42 Å². The summed E-state index contributed by atoms with van der Waals surface area (Å²) in [6.07, 6.45) is 17.2. The molecule has 0 saturated carbocycles. The van der Waals surface area contributed by atoms with E-state index >= 15 is 0 Å². The van der Waals surface area contributed by atoms with Gasteiger partial charge in [-0.15, -0.1) is 0 Å². The van der Waals surface area contributed by atoms with Crippen molar-refractivity contribution in [2.75, 3.05) is 11.9 Å². The Balaban J connectivity index is 0.00000380. The van der Waals surface area contributed by atoms with E-state index < -0.39 is 5.97 Å². The van der Waals surface area contributed by atoms with E-state index in [-0.39, 0.29) is 34.2 Å². The summed E-state index contributed by atoms with van der Waals surface area (Å²) >= 11 is 0. The Morgan fingerprint density at radius 3 is 2.51 bits per heavy atom. The number of hydrogen-bond donors (Lipinski definition) is 1. The molecule has 4 heterocycles. The van der Waals surface area contributed by atoms with Crippen molar-refractivity contribution in [3.05, 3.63) is 83.9 Å². The van der Waals surface area contributed by atoms with Crippen molar-refractivity contribution in [1.29, 1.82) is 0 Å². The SMILES string of the molecule is CN1\C(=C/C=C/C=C/C2=Nc3c(ccc[n+]3CCCCCC(=O)O)C2(C)C)C(C)(C)c2cccnc21.[Br-]. The third kappa shape index (κ3) is 5.77. The summed E-state index contributed by atoms with van der Waals surface area (Å²) in [4.78, 5) is 22.5. The van der Waals surface area contributed by atoms with E-state index in [1.54, 1.807) is 0 Å². The zero-order chi connectivity index (χ0) is 25.9. The van der Waals surface area contributed by atoms with Crippen LogP contribution in [0.1, 0.15) is 64.5 Å². The normalized spacial score (nSPS) is 18.2. The van der Waals surface area contributed by atoms with Crippen LogP contribution in [0.15, 0.2) is 77.7 Å². The van der Waals surface area contributed by atoms with Crippen LogP contribution in [-0.4, -0.2) is 28.8 Å². The van der Waals surface area contributed by atoms with Crippen molar-refractivity contribution in [2.24, 2.45) is 4.99 Å². The predicted molar refractivity (Wildman–Crippen MR) is 145 cm³/mol. The quantitative estimate of drug-likeness (QED) is 0.289. The molecular weight excluding hydrogens is 528 g/mol. The summed E-state index contributed by atoms with van der Waals surface area (Å²) < 4.78 is 2.20. The van der Waals surface area contributed by atoms with Gasteiger partial charge in [0.05, 0.1) is 23.7 Å². The molecule has 37 heavy (non-hydrogen) atoms. The van der Waals surface area contributed by atoms with Crippen molar-refractivity contribution in [3.8, 4) is 0 Å². The molecule has 0 bridgehead atoms. The summed E-state index contributed by atoms with van der Waals surface area (Å²) in [5, 5.41) is 8.83. The van der Waals surface area contributed by atoms with Gasteiger partial charge in [0.15, 0.2) is 5.71 Å². The van der Waals surface area contributed by atoms with Crippen LogP contribution >= 0.6 is 0 Å². The number of aliphatic carboxylic acids is 1. The number of halogens is 1. The van der Waals surface area contributed by atoms with Gasteiger partial charge in [-0.25, -0.2) is 9.55 Å². The van der Waals surface area contributed by atoms with Gasteiger partial charge in [-0.05, 0) is 68.5 Å². The smallest absolute Gasteiger partial charge is 0.327 e. The standard InChI is InChI=1S/C30H36N4O2.BrH/c1-29(2)23-15-13-21-34(20-11-7-10-18-26(35)36)28(23)32-24(29)16-8-6-9-17-25-30(3,4)22-14-12-19-31-27(22)33(25)5;/h6,8-9,12-17,19,21H,7,10-11,18,20H2,1-5H3;1H. The minimum atomic E-state index is -0.725. The van der Waals surface area contributed by atoms with Gasteiger partial charge in [0, 0.05) is 36.3 Å². The number of nitrogens with zero attached hydrogens (tertiary/aromatic N) is 4. The van der Waals surface area contributed by atoms with Gasteiger partial charge < -0.3 is 27.0 Å². The van der Waals surface area contributed by atoms with E-state index in [4.69, 9.17) is 10.1 Å². The molecule has 0 spiro atoms. The molecule has 196 valence electrons. The number of aryl methyl sites for hydroxylation is 1. The average molecular weight is 566 g/mol. The van der Waals surface area contributed by atoms with Crippen molar-refractivity contribution in [1.82, 2.24) is 4.98 Å². The minimum Gasteiger partial charge on any atom is -1.00 e. The van der Waals surface area contributed by atoms with Crippen LogP contribution in [0.3, 0.4) is 0 Å². The number of anilines is 1. The molecule has 0 radical (unpaired) electrons. The number of fused-ring (bicyclic) bond motifs is 2. The van der Waals surface area contributed by atoms with Crippen LogP contribution in [-0.2, 0) is 22.2 Å². The van der Waals surface area contributed by atoms with Crippen molar-refractivity contribution >= 4 is 23.3 Å². The first kappa shape index (κ1) is 28.5. The first-order chi connectivity index (χ1) is 17.1. The molecule has 0 aliphatic carbocycles. The van der Waals surface area contributed by atoms with Gasteiger partial charge in [-0.3, -0.25) is 4.79 Å². The summed E-state index contributed by atoms with van der Waals surface area (Å²) in [5.74, 6) is 1.30. The molecule has 2 aromatic rings. The van der Waals surface area contributed by atoms with E-state index in [0.717, 1.165) is 36.7 Å². The Bertz CT molecular complexity index is 1270. The fourth-order valence-corrected chi connectivity index (χ4v) is 5.21. The number of aliphatic imine (C=N–C) groups is 1. The number of aromatic nitrogens is 2. The summed E-state index contributed by atoms with van der Waals surface area (Å²) in [5.41, 5.74) is 4.46. The lowest BCUT2D eigenvalue weighted by Gasteiger charge is -2.23. The van der Waals surface area contributed by atoms with Gasteiger partial charge >= 0.3 is 11.8 Å². The Labute approximate surface area is 230 Å². The number of likely N-dealkylation sites (N-methyl/N-ethyl adjacent to an activating group) is 1. The van der Waals surface area contributed by atoms with Crippen molar-refractivity contribution in [3.63, 3.8) is 0 Å². The van der Waals surface area contributed by atoms with E-state index in [1.165, 1.54) is 16.8 Å². The molecule has 2 aliphatic heterocycles. The molecule has 1 N–H and O–H groups in total. The molecule has 2 aliphatic rings. The zero-order valence-electron chi connectivity index (χ0n) is 22.4. The highest BCUT2D eigenvalue weighted by Gasteiger charge is 2.42. The molecule has 0 aromatic carbocycles. The maximum atomic E-state index is 10.7. The Kier molecular flexibility index (Phi) is 8.90. The maximum absolute atomic E-state index is 10.7. The van der Waals surface area contributed by atoms with Crippen molar-refractivity contribution < 1.29 is 31.4 Å². The lowest BCUT2D eigenvalue weighted by atomic mass is 9.82. The lowest BCUT2D eigenvalue weighted by Crippen LogP contribution is -3.00. The van der Waals surface area contributed by atoms with Crippen LogP contribution in [0.4, 0.5) is 11.6 Å². The monoisotopic (exact) mass is 564 g/mol. The van der Waals surface area contributed by atoms with E-state index in [2.05, 4.69) is 104 Å². The topological polar surface area (TPSA) is 69.7 Å². The number of allylic oxidation sites excluding steroid dienone is 6. The molecule has 0 atom stereocenters. The maximum Gasteiger partial charge on any atom is 0.327 e. The second-order valence-corrected chi connectivity index (χ2v) is 10.6. The molecule has 4 rings (SSSR count). The van der Waals surface area contributed by atoms with Crippen LogP contribution in [0.5, 0.6) is 0 Å². The lowest BCUT2D eigenvalue weighted by molar-refractivity contribution is -0.684. The Morgan fingerprint density at radius 1 is 1.03 bits per heavy atom. The zero-order valence-corrected chi connectivity index (χ0v) is 24.0. The van der Waals surface area contributed by atoms with Gasteiger partial charge in [0.25, 0.3) is 0 Å². The largest absolute Gasteiger partial charge is 1.00 e. The van der Waals surface area contributed by atoms with Crippen LogP contribution in [0, 0.1) is 0 Å². The third-order valence-electron chi connectivity index (χ3n) is 7.38. The molecule has 0 amide bonds. The third-order valence-corrected chi connectivity index (χ3v) is 7.38. The fourth-order valence-electron chi connectivity index (χ4n) is 5.21. The molecule has 0 fully saturated rings. The molecule has 0 saturated heterocycles. The Morgan fingerprint density at radius 2 is 1.78 bits per heavy atom. The van der Waals surface area contributed by atoms with E-state index in [9.17, 15) is 4.79 Å².